The molecule has 0 spiro atoms. The third-order valence-corrected chi connectivity index (χ3v) is 3.53. The van der Waals surface area contributed by atoms with Crippen molar-refractivity contribution in [3.63, 3.8) is 0 Å². The first kappa shape index (κ1) is 17.7. The second-order valence-electron chi connectivity index (χ2n) is 4.68. The highest BCUT2D eigenvalue weighted by Crippen LogP contribution is 2.10. The third kappa shape index (κ3) is 7.30. The van der Waals surface area contributed by atoms with E-state index < -0.39 is 0 Å². The van der Waals surface area contributed by atoms with Crippen LogP contribution in [-0.2, 0) is 4.84 Å². The summed E-state index contributed by atoms with van der Waals surface area (Å²) in [5.74, 6) is 0. The summed E-state index contributed by atoms with van der Waals surface area (Å²) in [5, 5.41) is 4.94. The molecular formula is C17H25ClN2O. The zero-order valence-corrected chi connectivity index (χ0v) is 13.9. The summed E-state index contributed by atoms with van der Waals surface area (Å²) < 4.78 is 0. The normalized spacial score (nSPS) is 12.3. The van der Waals surface area contributed by atoms with Gasteiger partial charge in [0.25, 0.3) is 0 Å². The van der Waals surface area contributed by atoms with E-state index in [1.165, 1.54) is 0 Å². The highest BCUT2D eigenvalue weighted by atomic mass is 35.5. The molecule has 1 aromatic carbocycles. The van der Waals surface area contributed by atoms with E-state index in [4.69, 9.17) is 16.4 Å². The molecule has 0 aromatic heterocycles. The molecule has 0 aliphatic heterocycles. The molecule has 0 atom stereocenters. The Morgan fingerprint density at radius 1 is 1.19 bits per heavy atom. The average molecular weight is 309 g/mol. The van der Waals surface area contributed by atoms with Gasteiger partial charge in [-0.05, 0) is 43.3 Å². The van der Waals surface area contributed by atoms with Crippen molar-refractivity contribution in [2.75, 3.05) is 26.2 Å². The fraction of sp³-hybridized carbons (Fsp3) is 0.471. The zero-order chi connectivity index (χ0) is 15.5. The average Bonchev–Trinajstić information content (AvgIpc) is 2.52. The maximum absolute atomic E-state index is 5.86. The van der Waals surface area contributed by atoms with Gasteiger partial charge in [0.05, 0.1) is 5.71 Å². The monoisotopic (exact) mass is 308 g/mol. The first-order chi connectivity index (χ1) is 10.2. The van der Waals surface area contributed by atoms with Crippen molar-refractivity contribution in [1.82, 2.24) is 4.90 Å². The summed E-state index contributed by atoms with van der Waals surface area (Å²) in [4.78, 5) is 7.71. The van der Waals surface area contributed by atoms with Crippen molar-refractivity contribution >= 4 is 23.4 Å². The van der Waals surface area contributed by atoms with Crippen LogP contribution >= 0.6 is 11.6 Å². The van der Waals surface area contributed by atoms with E-state index >= 15 is 0 Å². The van der Waals surface area contributed by atoms with E-state index in [1.807, 2.05) is 36.4 Å². The van der Waals surface area contributed by atoms with Crippen molar-refractivity contribution in [2.24, 2.45) is 5.16 Å². The standard InChI is InChI=1S/C17H25ClN2O/c1-4-17(19-21-14-13-20(5-2)6-3)12-9-15-7-10-16(18)11-8-15/h7-12H,4-6,13-14H2,1-3H3/b12-9+,19-17+. The molecule has 0 heterocycles. The Bertz CT molecular complexity index is 450. The second kappa shape index (κ2) is 10.4. The van der Waals surface area contributed by atoms with E-state index in [0.717, 1.165) is 42.4 Å². The SMILES string of the molecule is CCC(/C=C/c1ccc(Cl)cc1)=N\OCCN(CC)CC. The van der Waals surface area contributed by atoms with E-state index in [0.29, 0.717) is 6.61 Å². The highest BCUT2D eigenvalue weighted by molar-refractivity contribution is 6.30. The molecule has 0 saturated carbocycles. The summed E-state index contributed by atoms with van der Waals surface area (Å²) in [6.07, 6.45) is 4.85. The molecule has 1 aromatic rings. The molecule has 0 fully saturated rings. The van der Waals surface area contributed by atoms with E-state index in [2.05, 4.69) is 30.8 Å². The lowest BCUT2D eigenvalue weighted by atomic mass is 10.2. The summed E-state index contributed by atoms with van der Waals surface area (Å²) in [5.41, 5.74) is 2.04. The Morgan fingerprint density at radius 2 is 1.86 bits per heavy atom. The van der Waals surface area contributed by atoms with Crippen molar-refractivity contribution in [2.45, 2.75) is 27.2 Å². The maximum Gasteiger partial charge on any atom is 0.129 e. The van der Waals surface area contributed by atoms with Crippen LogP contribution < -0.4 is 0 Å². The predicted molar refractivity (Wildman–Crippen MR) is 92.0 cm³/mol. The summed E-state index contributed by atoms with van der Waals surface area (Å²) in [6, 6.07) is 7.72. The van der Waals surface area contributed by atoms with Gasteiger partial charge in [0.2, 0.25) is 0 Å². The van der Waals surface area contributed by atoms with Gasteiger partial charge in [-0.1, -0.05) is 55.7 Å². The van der Waals surface area contributed by atoms with Gasteiger partial charge in [-0.25, -0.2) is 0 Å². The van der Waals surface area contributed by atoms with E-state index in [9.17, 15) is 0 Å². The number of oxime groups is 1. The van der Waals surface area contributed by atoms with E-state index in [1.54, 1.807) is 0 Å². The van der Waals surface area contributed by atoms with Gasteiger partial charge in [-0.15, -0.1) is 0 Å². The van der Waals surface area contributed by atoms with Crippen LogP contribution in [0.3, 0.4) is 0 Å². The number of allylic oxidation sites excluding steroid dienone is 1. The summed E-state index contributed by atoms with van der Waals surface area (Å²) in [7, 11) is 0. The lowest BCUT2D eigenvalue weighted by Gasteiger charge is -2.16. The van der Waals surface area contributed by atoms with Crippen LogP contribution in [-0.4, -0.2) is 36.9 Å². The molecule has 1 rings (SSSR count). The lowest BCUT2D eigenvalue weighted by Crippen LogP contribution is -2.26. The number of halogens is 1. The minimum Gasteiger partial charge on any atom is -0.394 e. The molecule has 0 saturated heterocycles. The van der Waals surface area contributed by atoms with Crippen LogP contribution in [0.2, 0.25) is 5.02 Å². The highest BCUT2D eigenvalue weighted by Gasteiger charge is 1.98. The van der Waals surface area contributed by atoms with Gasteiger partial charge in [0.15, 0.2) is 0 Å². The molecule has 0 radical (unpaired) electrons. The fourth-order valence-corrected chi connectivity index (χ4v) is 1.94. The van der Waals surface area contributed by atoms with Crippen LogP contribution in [0.25, 0.3) is 6.08 Å². The maximum atomic E-state index is 5.86. The Morgan fingerprint density at radius 3 is 2.43 bits per heavy atom. The number of hydrogen-bond donors (Lipinski definition) is 0. The summed E-state index contributed by atoms with van der Waals surface area (Å²) >= 11 is 5.86. The molecule has 3 nitrogen and oxygen atoms in total. The van der Waals surface area contributed by atoms with Gasteiger partial charge in [-0.3, -0.25) is 0 Å². The first-order valence-corrected chi connectivity index (χ1v) is 7.92. The summed E-state index contributed by atoms with van der Waals surface area (Å²) in [6.45, 7) is 9.99. The number of nitrogens with zero attached hydrogens (tertiary/aromatic N) is 2. The molecule has 0 unspecified atom stereocenters. The first-order valence-electron chi connectivity index (χ1n) is 7.54. The van der Waals surface area contributed by atoms with Crippen molar-refractivity contribution in [1.29, 1.82) is 0 Å². The fourth-order valence-electron chi connectivity index (χ4n) is 1.82. The molecule has 0 bridgehead atoms. The van der Waals surface area contributed by atoms with Crippen molar-refractivity contribution < 1.29 is 4.84 Å². The molecule has 0 amide bonds. The van der Waals surface area contributed by atoms with Crippen LogP contribution in [0.5, 0.6) is 0 Å². The Hall–Kier alpha value is -1.32. The van der Waals surface area contributed by atoms with Gasteiger partial charge in [0, 0.05) is 11.6 Å². The minimum absolute atomic E-state index is 0.625. The largest absolute Gasteiger partial charge is 0.394 e. The minimum atomic E-state index is 0.625. The van der Waals surface area contributed by atoms with Gasteiger partial charge in [-0.2, -0.15) is 0 Å². The third-order valence-electron chi connectivity index (χ3n) is 3.28. The van der Waals surface area contributed by atoms with Crippen LogP contribution in [0.4, 0.5) is 0 Å². The molecule has 0 aliphatic rings. The smallest absolute Gasteiger partial charge is 0.129 e. The molecular weight excluding hydrogens is 284 g/mol. The van der Waals surface area contributed by atoms with Gasteiger partial charge >= 0.3 is 0 Å². The lowest BCUT2D eigenvalue weighted by molar-refractivity contribution is 0.114. The predicted octanol–water partition coefficient (Wildman–Crippen LogP) is 4.48. The quantitative estimate of drug-likeness (QED) is 0.382. The van der Waals surface area contributed by atoms with Crippen molar-refractivity contribution in [3.8, 4) is 0 Å². The molecule has 4 heteroatoms. The molecule has 21 heavy (non-hydrogen) atoms. The van der Waals surface area contributed by atoms with Gasteiger partial charge < -0.3 is 9.74 Å². The Balaban J connectivity index is 2.46. The Labute approximate surface area is 133 Å². The van der Waals surface area contributed by atoms with Crippen molar-refractivity contribution in [3.05, 3.63) is 40.9 Å². The van der Waals surface area contributed by atoms with Crippen LogP contribution in [0.15, 0.2) is 35.5 Å². The van der Waals surface area contributed by atoms with Crippen LogP contribution in [0.1, 0.15) is 32.8 Å². The molecule has 0 aliphatic carbocycles. The molecule has 0 N–H and O–H groups in total. The molecule has 116 valence electrons. The number of hydrogen-bond acceptors (Lipinski definition) is 3. The Kier molecular flexibility index (Phi) is 8.79. The topological polar surface area (TPSA) is 24.8 Å². The van der Waals surface area contributed by atoms with Crippen LogP contribution in [0, 0.1) is 0 Å². The number of likely N-dealkylation sites (N-methyl/N-ethyl adjacent to an activating group) is 1. The zero-order valence-electron chi connectivity index (χ0n) is 13.2. The number of rotatable bonds is 9. The second-order valence-corrected chi connectivity index (χ2v) is 5.12. The van der Waals surface area contributed by atoms with Gasteiger partial charge in [0.1, 0.15) is 6.61 Å². The number of benzene rings is 1. The van der Waals surface area contributed by atoms with E-state index in [-0.39, 0.29) is 0 Å².